The number of carbonyl (C=O) groups excluding carboxylic acids is 1. The van der Waals surface area contributed by atoms with Crippen LogP contribution < -0.4 is 14.2 Å². The van der Waals surface area contributed by atoms with Crippen LogP contribution in [0.2, 0.25) is 0 Å². The molecule has 1 amide bonds. The molecule has 114 valence electrons. The Morgan fingerprint density at radius 3 is 2.19 bits per heavy atom. The third kappa shape index (κ3) is 3.78. The number of methoxy groups -OCH3 is 3. The lowest BCUT2D eigenvalue weighted by Gasteiger charge is -2.20. The standard InChI is InChI=1S/C15H20N2O4/c1-10(8-16)9-17(2)15(18)11-6-13(20-4)14(21-5)7-12(11)19-3/h6-7,10H,9H2,1-5H3. The number of amides is 1. The lowest BCUT2D eigenvalue weighted by atomic mass is 10.1. The molecule has 1 aromatic rings. The Morgan fingerprint density at radius 1 is 1.19 bits per heavy atom. The molecule has 21 heavy (non-hydrogen) atoms. The molecule has 6 nitrogen and oxygen atoms in total. The first-order valence-corrected chi connectivity index (χ1v) is 6.43. The van der Waals surface area contributed by atoms with Crippen LogP contribution in [-0.2, 0) is 0 Å². The maximum atomic E-state index is 12.5. The fourth-order valence-electron chi connectivity index (χ4n) is 1.94. The monoisotopic (exact) mass is 292 g/mol. The van der Waals surface area contributed by atoms with E-state index in [4.69, 9.17) is 19.5 Å². The van der Waals surface area contributed by atoms with Crippen LogP contribution in [0.4, 0.5) is 0 Å². The Labute approximate surface area is 124 Å². The zero-order chi connectivity index (χ0) is 16.0. The number of benzene rings is 1. The van der Waals surface area contributed by atoms with Gasteiger partial charge < -0.3 is 19.1 Å². The van der Waals surface area contributed by atoms with Crippen molar-refractivity contribution < 1.29 is 19.0 Å². The van der Waals surface area contributed by atoms with E-state index in [0.29, 0.717) is 29.4 Å². The average molecular weight is 292 g/mol. The molecule has 0 saturated carbocycles. The van der Waals surface area contributed by atoms with Gasteiger partial charge in [0, 0.05) is 25.7 Å². The summed E-state index contributed by atoms with van der Waals surface area (Å²) in [5.41, 5.74) is 0.364. The fourth-order valence-corrected chi connectivity index (χ4v) is 1.94. The predicted octanol–water partition coefficient (Wildman–Crippen LogP) is 1.94. The molecule has 0 fully saturated rings. The second-order valence-electron chi connectivity index (χ2n) is 4.62. The summed E-state index contributed by atoms with van der Waals surface area (Å²) in [7, 11) is 6.14. The van der Waals surface area contributed by atoms with Crippen molar-refractivity contribution in [2.75, 3.05) is 34.9 Å². The van der Waals surface area contributed by atoms with E-state index in [2.05, 4.69) is 6.07 Å². The van der Waals surface area contributed by atoms with Crippen LogP contribution in [0.5, 0.6) is 17.2 Å². The number of nitrogens with zero attached hydrogens (tertiary/aromatic N) is 2. The number of carbonyl (C=O) groups is 1. The van der Waals surface area contributed by atoms with Gasteiger partial charge in [-0.25, -0.2) is 0 Å². The average Bonchev–Trinajstić information content (AvgIpc) is 2.52. The summed E-state index contributed by atoms with van der Waals surface area (Å²) >= 11 is 0. The summed E-state index contributed by atoms with van der Waals surface area (Å²) in [5, 5.41) is 8.84. The first-order valence-electron chi connectivity index (χ1n) is 6.43. The van der Waals surface area contributed by atoms with Crippen molar-refractivity contribution in [2.24, 2.45) is 5.92 Å². The number of hydrogen-bond donors (Lipinski definition) is 0. The van der Waals surface area contributed by atoms with Crippen LogP contribution in [0, 0.1) is 17.2 Å². The molecule has 0 aromatic heterocycles. The molecule has 0 aliphatic heterocycles. The Balaban J connectivity index is 3.16. The Morgan fingerprint density at radius 2 is 1.71 bits per heavy atom. The summed E-state index contributed by atoms with van der Waals surface area (Å²) in [4.78, 5) is 14.0. The van der Waals surface area contributed by atoms with Crippen LogP contribution >= 0.6 is 0 Å². The van der Waals surface area contributed by atoms with Gasteiger partial charge in [0.05, 0.1) is 38.9 Å². The topological polar surface area (TPSA) is 71.8 Å². The van der Waals surface area contributed by atoms with E-state index in [-0.39, 0.29) is 11.8 Å². The second-order valence-corrected chi connectivity index (χ2v) is 4.62. The highest BCUT2D eigenvalue weighted by molar-refractivity contribution is 5.97. The SMILES string of the molecule is COc1cc(OC)c(C(=O)N(C)CC(C)C#N)cc1OC. The number of nitriles is 1. The molecule has 0 saturated heterocycles. The minimum absolute atomic E-state index is 0.241. The molecule has 0 spiro atoms. The summed E-state index contributed by atoms with van der Waals surface area (Å²) < 4.78 is 15.6. The molecule has 6 heteroatoms. The molecule has 0 N–H and O–H groups in total. The van der Waals surface area contributed by atoms with Crippen molar-refractivity contribution in [3.8, 4) is 23.3 Å². The van der Waals surface area contributed by atoms with Gasteiger partial charge in [-0.2, -0.15) is 5.26 Å². The molecule has 0 radical (unpaired) electrons. The molecule has 1 unspecified atom stereocenters. The van der Waals surface area contributed by atoms with E-state index >= 15 is 0 Å². The Hall–Kier alpha value is -2.42. The van der Waals surface area contributed by atoms with Crippen molar-refractivity contribution >= 4 is 5.91 Å². The summed E-state index contributed by atoms with van der Waals surface area (Å²) in [5.74, 6) is 0.844. The van der Waals surface area contributed by atoms with Crippen molar-refractivity contribution in [3.05, 3.63) is 17.7 Å². The maximum Gasteiger partial charge on any atom is 0.257 e. The van der Waals surface area contributed by atoms with Gasteiger partial charge in [-0.15, -0.1) is 0 Å². The lowest BCUT2D eigenvalue weighted by molar-refractivity contribution is 0.0781. The van der Waals surface area contributed by atoms with Gasteiger partial charge in [0.25, 0.3) is 5.91 Å². The largest absolute Gasteiger partial charge is 0.496 e. The van der Waals surface area contributed by atoms with E-state index in [1.54, 1.807) is 26.1 Å². The van der Waals surface area contributed by atoms with Crippen LogP contribution in [-0.4, -0.2) is 45.7 Å². The summed E-state index contributed by atoms with van der Waals surface area (Å²) in [6.45, 7) is 2.10. The van der Waals surface area contributed by atoms with Crippen molar-refractivity contribution in [1.82, 2.24) is 4.90 Å². The quantitative estimate of drug-likeness (QED) is 0.801. The van der Waals surface area contributed by atoms with Gasteiger partial charge in [0.2, 0.25) is 0 Å². The molecule has 1 atom stereocenters. The zero-order valence-electron chi connectivity index (χ0n) is 13.0. The van der Waals surface area contributed by atoms with Gasteiger partial charge in [-0.3, -0.25) is 4.79 Å². The first-order chi connectivity index (χ1) is 9.98. The van der Waals surface area contributed by atoms with Gasteiger partial charge >= 0.3 is 0 Å². The normalized spacial score (nSPS) is 11.2. The Kier molecular flexibility index (Phi) is 5.85. The van der Waals surface area contributed by atoms with Crippen molar-refractivity contribution in [1.29, 1.82) is 5.26 Å². The number of ether oxygens (including phenoxy) is 3. The van der Waals surface area contributed by atoms with E-state index in [1.807, 2.05) is 0 Å². The van der Waals surface area contributed by atoms with E-state index in [0.717, 1.165) is 0 Å². The van der Waals surface area contributed by atoms with Gasteiger partial charge in [-0.1, -0.05) is 0 Å². The highest BCUT2D eigenvalue weighted by Gasteiger charge is 2.21. The Bertz CT molecular complexity index is 551. The van der Waals surface area contributed by atoms with E-state index < -0.39 is 0 Å². The summed E-state index contributed by atoms with van der Waals surface area (Å²) in [6, 6.07) is 5.28. The van der Waals surface area contributed by atoms with Gasteiger partial charge in [-0.05, 0) is 6.92 Å². The highest BCUT2D eigenvalue weighted by Crippen LogP contribution is 2.35. The van der Waals surface area contributed by atoms with Gasteiger partial charge in [0.15, 0.2) is 11.5 Å². The maximum absolute atomic E-state index is 12.5. The molecule has 0 aliphatic carbocycles. The van der Waals surface area contributed by atoms with E-state index in [9.17, 15) is 4.79 Å². The van der Waals surface area contributed by atoms with Crippen LogP contribution in [0.15, 0.2) is 12.1 Å². The molecule has 1 rings (SSSR count). The van der Waals surface area contributed by atoms with Crippen molar-refractivity contribution in [3.63, 3.8) is 0 Å². The molecular weight excluding hydrogens is 272 g/mol. The van der Waals surface area contributed by atoms with Crippen molar-refractivity contribution in [2.45, 2.75) is 6.92 Å². The van der Waals surface area contributed by atoms with Crippen LogP contribution in [0.3, 0.4) is 0 Å². The van der Waals surface area contributed by atoms with Gasteiger partial charge in [0.1, 0.15) is 5.75 Å². The lowest BCUT2D eigenvalue weighted by Crippen LogP contribution is -2.31. The highest BCUT2D eigenvalue weighted by atomic mass is 16.5. The first kappa shape index (κ1) is 16.6. The minimum Gasteiger partial charge on any atom is -0.496 e. The van der Waals surface area contributed by atoms with Crippen LogP contribution in [0.25, 0.3) is 0 Å². The summed E-state index contributed by atoms with van der Waals surface area (Å²) in [6.07, 6.45) is 0. The molecule has 0 aliphatic rings. The third-order valence-corrected chi connectivity index (χ3v) is 3.05. The molecule has 0 heterocycles. The third-order valence-electron chi connectivity index (χ3n) is 3.05. The molecule has 1 aromatic carbocycles. The zero-order valence-corrected chi connectivity index (χ0v) is 13.0. The number of rotatable bonds is 6. The minimum atomic E-state index is -0.245. The molecular formula is C15H20N2O4. The van der Waals surface area contributed by atoms with Crippen LogP contribution in [0.1, 0.15) is 17.3 Å². The smallest absolute Gasteiger partial charge is 0.257 e. The number of hydrogen-bond acceptors (Lipinski definition) is 5. The second kappa shape index (κ2) is 7.39. The fraction of sp³-hybridized carbons (Fsp3) is 0.467. The van der Waals surface area contributed by atoms with E-state index in [1.165, 1.54) is 26.2 Å². The predicted molar refractivity (Wildman–Crippen MR) is 77.8 cm³/mol. The molecule has 0 bridgehead atoms.